The minimum atomic E-state index is -0.611. The molecule has 0 saturated heterocycles. The lowest BCUT2D eigenvalue weighted by Crippen LogP contribution is -2.32. The Kier molecular flexibility index (Phi) is 8.38. The number of pyridine rings is 1. The van der Waals surface area contributed by atoms with Crippen molar-refractivity contribution in [3.05, 3.63) is 46.8 Å². The first-order chi connectivity index (χ1) is 14.9. The predicted octanol–water partition coefficient (Wildman–Crippen LogP) is 4.66. The SMILES string of the molecule is CC(=O)Oc1c(C)nc(CC(C)C)c(CNC(=O)OC(C)(C)C)c1-c1ccc(CN)cc1. The predicted molar refractivity (Wildman–Crippen MR) is 125 cm³/mol. The normalized spacial score (nSPS) is 11.4. The Morgan fingerprint density at radius 1 is 1.16 bits per heavy atom. The van der Waals surface area contributed by atoms with Gasteiger partial charge in [0.15, 0.2) is 5.75 Å². The molecule has 0 spiro atoms. The summed E-state index contributed by atoms with van der Waals surface area (Å²) in [5.74, 6) is 0.304. The molecular formula is C25H35N3O4. The Labute approximate surface area is 190 Å². The van der Waals surface area contributed by atoms with E-state index in [0.29, 0.717) is 30.3 Å². The van der Waals surface area contributed by atoms with Crippen LogP contribution in [0.1, 0.15) is 64.1 Å². The Hall–Kier alpha value is -2.93. The molecule has 7 nitrogen and oxygen atoms in total. The maximum absolute atomic E-state index is 12.4. The Morgan fingerprint density at radius 2 is 1.78 bits per heavy atom. The van der Waals surface area contributed by atoms with Crippen LogP contribution in [0, 0.1) is 12.8 Å². The minimum absolute atomic E-state index is 0.187. The van der Waals surface area contributed by atoms with Crippen LogP contribution in [-0.2, 0) is 29.0 Å². The van der Waals surface area contributed by atoms with Crippen LogP contribution in [0.5, 0.6) is 5.75 Å². The van der Waals surface area contributed by atoms with E-state index in [1.165, 1.54) is 6.92 Å². The number of esters is 1. The van der Waals surface area contributed by atoms with Gasteiger partial charge in [0, 0.05) is 36.8 Å². The summed E-state index contributed by atoms with van der Waals surface area (Å²) >= 11 is 0. The molecule has 0 atom stereocenters. The molecule has 1 aromatic heterocycles. The Balaban J connectivity index is 2.65. The summed E-state index contributed by atoms with van der Waals surface area (Å²) in [4.78, 5) is 29.0. The van der Waals surface area contributed by atoms with Crippen LogP contribution in [0.25, 0.3) is 11.1 Å². The zero-order valence-electron chi connectivity index (χ0n) is 20.2. The molecule has 2 aromatic rings. The number of amides is 1. The van der Waals surface area contributed by atoms with E-state index in [2.05, 4.69) is 19.2 Å². The smallest absolute Gasteiger partial charge is 0.407 e. The van der Waals surface area contributed by atoms with E-state index in [4.69, 9.17) is 20.2 Å². The van der Waals surface area contributed by atoms with Gasteiger partial charge in [-0.15, -0.1) is 0 Å². The monoisotopic (exact) mass is 441 g/mol. The number of aromatic nitrogens is 1. The second kappa shape index (κ2) is 10.6. The van der Waals surface area contributed by atoms with Gasteiger partial charge in [0.2, 0.25) is 0 Å². The fourth-order valence-corrected chi connectivity index (χ4v) is 3.39. The van der Waals surface area contributed by atoms with Crippen LogP contribution in [-0.4, -0.2) is 22.6 Å². The molecule has 0 aliphatic carbocycles. The van der Waals surface area contributed by atoms with Crippen LogP contribution in [0.3, 0.4) is 0 Å². The lowest BCUT2D eigenvalue weighted by molar-refractivity contribution is -0.131. The largest absolute Gasteiger partial charge is 0.444 e. The summed E-state index contributed by atoms with van der Waals surface area (Å²) in [5.41, 5.74) is 10.0. The molecule has 3 N–H and O–H groups in total. The first-order valence-corrected chi connectivity index (χ1v) is 10.9. The summed E-state index contributed by atoms with van der Waals surface area (Å²) in [6.07, 6.45) is 0.187. The molecule has 0 radical (unpaired) electrons. The number of carbonyl (C=O) groups is 2. The third-order valence-electron chi connectivity index (χ3n) is 4.64. The molecule has 0 bridgehead atoms. The highest BCUT2D eigenvalue weighted by molar-refractivity contribution is 5.81. The van der Waals surface area contributed by atoms with E-state index in [0.717, 1.165) is 27.9 Å². The number of hydrogen-bond donors (Lipinski definition) is 2. The number of nitrogens with one attached hydrogen (secondary N) is 1. The summed E-state index contributed by atoms with van der Waals surface area (Å²) in [5, 5.41) is 2.84. The second-order valence-corrected chi connectivity index (χ2v) is 9.27. The highest BCUT2D eigenvalue weighted by atomic mass is 16.6. The van der Waals surface area contributed by atoms with E-state index < -0.39 is 17.7 Å². The molecule has 32 heavy (non-hydrogen) atoms. The van der Waals surface area contributed by atoms with E-state index >= 15 is 0 Å². The molecule has 1 heterocycles. The van der Waals surface area contributed by atoms with Crippen LogP contribution in [0.15, 0.2) is 24.3 Å². The van der Waals surface area contributed by atoms with Gasteiger partial charge in [-0.05, 0) is 51.2 Å². The van der Waals surface area contributed by atoms with Crippen molar-refractivity contribution >= 4 is 12.1 Å². The third-order valence-corrected chi connectivity index (χ3v) is 4.64. The summed E-state index contributed by atoms with van der Waals surface area (Å²) in [6.45, 7) is 13.5. The van der Waals surface area contributed by atoms with Gasteiger partial charge < -0.3 is 20.5 Å². The average molecular weight is 442 g/mol. The quantitative estimate of drug-likeness (QED) is 0.606. The highest BCUT2D eigenvalue weighted by Crippen LogP contribution is 2.38. The number of nitrogens with zero attached hydrogens (tertiary/aromatic N) is 1. The topological polar surface area (TPSA) is 104 Å². The first kappa shape index (κ1) is 25.3. The fraction of sp³-hybridized carbons (Fsp3) is 0.480. The minimum Gasteiger partial charge on any atom is -0.444 e. The number of aryl methyl sites for hydroxylation is 1. The van der Waals surface area contributed by atoms with Gasteiger partial charge in [-0.3, -0.25) is 9.78 Å². The van der Waals surface area contributed by atoms with Gasteiger partial charge in [-0.25, -0.2) is 4.79 Å². The molecule has 0 fully saturated rings. The van der Waals surface area contributed by atoms with Crippen molar-refractivity contribution in [2.45, 2.75) is 73.6 Å². The molecule has 1 aromatic carbocycles. The van der Waals surface area contributed by atoms with Gasteiger partial charge in [-0.1, -0.05) is 38.1 Å². The van der Waals surface area contributed by atoms with E-state index in [9.17, 15) is 9.59 Å². The van der Waals surface area contributed by atoms with Crippen LogP contribution in [0.2, 0.25) is 0 Å². The number of alkyl carbamates (subject to hydrolysis) is 1. The van der Waals surface area contributed by atoms with Crippen molar-refractivity contribution < 1.29 is 19.1 Å². The fourth-order valence-electron chi connectivity index (χ4n) is 3.39. The number of rotatable bonds is 7. The number of nitrogens with two attached hydrogens (primary N) is 1. The van der Waals surface area contributed by atoms with Crippen molar-refractivity contribution in [3.8, 4) is 16.9 Å². The number of ether oxygens (including phenoxy) is 2. The maximum Gasteiger partial charge on any atom is 0.407 e. The van der Waals surface area contributed by atoms with Crippen molar-refractivity contribution in [1.29, 1.82) is 0 Å². The van der Waals surface area contributed by atoms with Crippen LogP contribution < -0.4 is 15.8 Å². The molecule has 174 valence electrons. The zero-order valence-corrected chi connectivity index (χ0v) is 20.2. The van der Waals surface area contributed by atoms with Crippen molar-refractivity contribution in [2.24, 2.45) is 11.7 Å². The number of benzene rings is 1. The molecule has 0 aliphatic heterocycles. The van der Waals surface area contributed by atoms with Gasteiger partial charge in [0.25, 0.3) is 0 Å². The van der Waals surface area contributed by atoms with Crippen molar-refractivity contribution in [2.75, 3.05) is 0 Å². The van der Waals surface area contributed by atoms with Crippen LogP contribution >= 0.6 is 0 Å². The van der Waals surface area contributed by atoms with Crippen molar-refractivity contribution in [3.63, 3.8) is 0 Å². The third kappa shape index (κ3) is 7.05. The van der Waals surface area contributed by atoms with Gasteiger partial charge in [-0.2, -0.15) is 0 Å². The van der Waals surface area contributed by atoms with E-state index in [-0.39, 0.29) is 6.54 Å². The standard InChI is InChI=1S/C25H35N3O4/c1-15(2)12-21-20(14-27-24(30)32-25(5,6)7)22(19-10-8-18(13-26)9-11-19)23(16(3)28-21)31-17(4)29/h8-11,15H,12-14,26H2,1-7H3,(H,27,30). The molecular weight excluding hydrogens is 406 g/mol. The summed E-state index contributed by atoms with van der Waals surface area (Å²) in [7, 11) is 0. The molecule has 7 heteroatoms. The van der Waals surface area contributed by atoms with Crippen molar-refractivity contribution in [1.82, 2.24) is 10.3 Å². The summed E-state index contributed by atoms with van der Waals surface area (Å²) < 4.78 is 11.0. The molecule has 0 unspecified atom stereocenters. The molecule has 1 amide bonds. The Morgan fingerprint density at radius 3 is 2.28 bits per heavy atom. The van der Waals surface area contributed by atoms with Gasteiger partial charge >= 0.3 is 12.1 Å². The summed E-state index contributed by atoms with van der Waals surface area (Å²) in [6, 6.07) is 7.77. The lowest BCUT2D eigenvalue weighted by atomic mass is 9.92. The lowest BCUT2D eigenvalue weighted by Gasteiger charge is -2.23. The zero-order chi connectivity index (χ0) is 24.1. The highest BCUT2D eigenvalue weighted by Gasteiger charge is 2.24. The number of hydrogen-bond acceptors (Lipinski definition) is 6. The molecule has 2 rings (SSSR count). The second-order valence-electron chi connectivity index (χ2n) is 9.27. The number of carbonyl (C=O) groups excluding carboxylic acids is 2. The van der Waals surface area contributed by atoms with E-state index in [1.54, 1.807) is 0 Å². The molecule has 0 aliphatic rings. The Bertz CT molecular complexity index is 961. The maximum atomic E-state index is 12.4. The van der Waals surface area contributed by atoms with Crippen LogP contribution in [0.4, 0.5) is 4.79 Å². The van der Waals surface area contributed by atoms with Gasteiger partial charge in [0.05, 0.1) is 5.69 Å². The average Bonchev–Trinajstić information content (AvgIpc) is 2.67. The van der Waals surface area contributed by atoms with E-state index in [1.807, 2.05) is 52.0 Å². The van der Waals surface area contributed by atoms with Gasteiger partial charge in [0.1, 0.15) is 5.60 Å². The molecule has 0 saturated carbocycles. The first-order valence-electron chi connectivity index (χ1n) is 10.9.